The lowest BCUT2D eigenvalue weighted by Gasteiger charge is -2.21. The van der Waals surface area contributed by atoms with E-state index in [0.29, 0.717) is 0 Å². The molecule has 0 unspecified atom stereocenters. The summed E-state index contributed by atoms with van der Waals surface area (Å²) in [5.41, 5.74) is 3.58. The van der Waals surface area contributed by atoms with Gasteiger partial charge in [0.2, 0.25) is 0 Å². The molecule has 0 atom stereocenters. The van der Waals surface area contributed by atoms with Gasteiger partial charge < -0.3 is 0 Å². The number of hydrogen-bond acceptors (Lipinski definition) is 5. The van der Waals surface area contributed by atoms with Gasteiger partial charge >= 0.3 is 0 Å². The Bertz CT molecular complexity index is 692. The van der Waals surface area contributed by atoms with E-state index in [4.69, 9.17) is 0 Å². The van der Waals surface area contributed by atoms with E-state index in [0.717, 1.165) is 21.6 Å². The minimum Gasteiger partial charge on any atom is -0.262 e. The third kappa shape index (κ3) is 1.69. The average molecular weight is 259 g/mol. The van der Waals surface area contributed by atoms with Crippen LogP contribution in [0.1, 0.15) is 20.8 Å². The molecule has 0 aliphatic rings. The third-order valence-electron chi connectivity index (χ3n) is 2.67. The van der Waals surface area contributed by atoms with E-state index in [1.165, 1.54) is 0 Å². The topological polar surface area (TPSA) is 56.5 Å². The molecule has 0 amide bonds. The summed E-state index contributed by atoms with van der Waals surface area (Å²) >= 11 is 1.58. The predicted molar refractivity (Wildman–Crippen MR) is 71.4 cm³/mol. The summed E-state index contributed by atoms with van der Waals surface area (Å²) in [6.07, 6.45) is 5.20. The normalized spacial score (nSPS) is 12.2. The van der Waals surface area contributed by atoms with Gasteiger partial charge in [-0.05, 0) is 20.8 Å². The van der Waals surface area contributed by atoms with Crippen LogP contribution in [0.4, 0.5) is 0 Å². The van der Waals surface area contributed by atoms with Gasteiger partial charge in [0.1, 0.15) is 6.33 Å². The summed E-state index contributed by atoms with van der Waals surface area (Å²) in [5.74, 6) is 0.812. The van der Waals surface area contributed by atoms with Crippen molar-refractivity contribution in [3.63, 3.8) is 0 Å². The second-order valence-corrected chi connectivity index (χ2v) is 5.94. The molecule has 3 heterocycles. The van der Waals surface area contributed by atoms with Gasteiger partial charge in [0.25, 0.3) is 0 Å². The molecule has 0 aliphatic carbocycles. The second-order valence-electron chi connectivity index (χ2n) is 5.05. The van der Waals surface area contributed by atoms with Crippen molar-refractivity contribution in [3.05, 3.63) is 24.2 Å². The molecule has 0 aromatic carbocycles. The highest BCUT2D eigenvalue weighted by Crippen LogP contribution is 2.29. The Morgan fingerprint density at radius 1 is 1.17 bits per heavy atom. The van der Waals surface area contributed by atoms with Crippen molar-refractivity contribution in [2.75, 3.05) is 0 Å². The fourth-order valence-electron chi connectivity index (χ4n) is 1.87. The molecule has 92 valence electrons. The average Bonchev–Trinajstić information content (AvgIpc) is 2.96. The van der Waals surface area contributed by atoms with Crippen LogP contribution in [0.3, 0.4) is 0 Å². The van der Waals surface area contributed by atoms with Crippen LogP contribution in [-0.4, -0.2) is 24.7 Å². The van der Waals surface area contributed by atoms with Crippen molar-refractivity contribution in [3.8, 4) is 11.4 Å². The molecule has 0 radical (unpaired) electrons. The van der Waals surface area contributed by atoms with Crippen molar-refractivity contribution < 1.29 is 0 Å². The fraction of sp³-hybridized carbons (Fsp3) is 0.333. The minimum absolute atomic E-state index is 0.121. The number of rotatable bonds is 1. The van der Waals surface area contributed by atoms with Crippen LogP contribution in [0.2, 0.25) is 0 Å². The Morgan fingerprint density at radius 3 is 2.78 bits per heavy atom. The van der Waals surface area contributed by atoms with Crippen molar-refractivity contribution >= 4 is 21.6 Å². The molecule has 0 fully saturated rings. The Balaban J connectivity index is 2.27. The summed E-state index contributed by atoms with van der Waals surface area (Å²) in [4.78, 5) is 13.0. The van der Waals surface area contributed by atoms with Gasteiger partial charge in [-0.25, -0.2) is 14.6 Å². The van der Waals surface area contributed by atoms with Crippen molar-refractivity contribution in [1.29, 1.82) is 0 Å². The van der Waals surface area contributed by atoms with Crippen LogP contribution in [0.5, 0.6) is 0 Å². The summed E-state index contributed by atoms with van der Waals surface area (Å²) in [7, 11) is 0. The first kappa shape index (κ1) is 11.3. The molecule has 6 heteroatoms. The fourth-order valence-corrected chi connectivity index (χ4v) is 2.54. The lowest BCUT2D eigenvalue weighted by atomic mass is 10.1. The van der Waals surface area contributed by atoms with E-state index in [1.807, 2.05) is 16.4 Å². The second kappa shape index (κ2) is 3.84. The maximum Gasteiger partial charge on any atom is 0.162 e. The standard InChI is InChI=1S/C12H13N5S/c1-12(2,3)17-11(14-6-16-17)8-4-13-5-9-10(8)15-7-18-9/h4-7H,1-3H3. The Hall–Kier alpha value is -1.82. The van der Waals surface area contributed by atoms with Crippen LogP contribution in [-0.2, 0) is 5.54 Å². The third-order valence-corrected chi connectivity index (χ3v) is 3.43. The molecule has 3 aromatic heterocycles. The lowest BCUT2D eigenvalue weighted by molar-refractivity contribution is 0.359. The van der Waals surface area contributed by atoms with E-state index in [1.54, 1.807) is 23.9 Å². The summed E-state index contributed by atoms with van der Waals surface area (Å²) in [6, 6.07) is 0. The highest BCUT2D eigenvalue weighted by molar-refractivity contribution is 7.16. The maximum absolute atomic E-state index is 4.40. The molecule has 0 aliphatic heterocycles. The largest absolute Gasteiger partial charge is 0.262 e. The maximum atomic E-state index is 4.40. The van der Waals surface area contributed by atoms with E-state index < -0.39 is 0 Å². The van der Waals surface area contributed by atoms with Crippen molar-refractivity contribution in [2.24, 2.45) is 0 Å². The van der Waals surface area contributed by atoms with Gasteiger partial charge in [0.15, 0.2) is 5.82 Å². The minimum atomic E-state index is -0.121. The zero-order valence-corrected chi connectivity index (χ0v) is 11.3. The number of pyridine rings is 1. The number of hydrogen-bond donors (Lipinski definition) is 0. The molecule has 0 saturated carbocycles. The zero-order chi connectivity index (χ0) is 12.8. The molecule has 0 bridgehead atoms. The quantitative estimate of drug-likeness (QED) is 0.674. The summed E-state index contributed by atoms with van der Waals surface area (Å²) < 4.78 is 2.97. The Kier molecular flexibility index (Phi) is 2.41. The first-order valence-corrected chi connectivity index (χ1v) is 6.53. The Morgan fingerprint density at radius 2 is 2.00 bits per heavy atom. The smallest absolute Gasteiger partial charge is 0.162 e. The highest BCUT2D eigenvalue weighted by Gasteiger charge is 2.21. The monoisotopic (exact) mass is 259 g/mol. The number of thiazole rings is 1. The molecule has 0 saturated heterocycles. The molecule has 3 aromatic rings. The first-order valence-electron chi connectivity index (χ1n) is 5.65. The van der Waals surface area contributed by atoms with Crippen molar-refractivity contribution in [2.45, 2.75) is 26.3 Å². The van der Waals surface area contributed by atoms with Gasteiger partial charge in [0.05, 0.1) is 26.8 Å². The van der Waals surface area contributed by atoms with Gasteiger partial charge in [-0.15, -0.1) is 11.3 Å². The molecule has 5 nitrogen and oxygen atoms in total. The van der Waals surface area contributed by atoms with Crippen LogP contribution < -0.4 is 0 Å². The van der Waals surface area contributed by atoms with Gasteiger partial charge in [-0.3, -0.25) is 4.98 Å². The molecule has 0 N–H and O–H groups in total. The van der Waals surface area contributed by atoms with E-state index in [-0.39, 0.29) is 5.54 Å². The van der Waals surface area contributed by atoms with Gasteiger partial charge in [0, 0.05) is 12.4 Å². The van der Waals surface area contributed by atoms with Crippen molar-refractivity contribution in [1.82, 2.24) is 24.7 Å². The van der Waals surface area contributed by atoms with Crippen LogP contribution in [0.15, 0.2) is 24.2 Å². The SMILES string of the molecule is CC(C)(C)n1ncnc1-c1cncc2scnc12. The van der Waals surface area contributed by atoms with E-state index in [2.05, 4.69) is 40.8 Å². The highest BCUT2D eigenvalue weighted by atomic mass is 32.1. The molecule has 18 heavy (non-hydrogen) atoms. The van der Waals surface area contributed by atoms with E-state index in [9.17, 15) is 0 Å². The van der Waals surface area contributed by atoms with Crippen LogP contribution >= 0.6 is 11.3 Å². The van der Waals surface area contributed by atoms with E-state index >= 15 is 0 Å². The predicted octanol–water partition coefficient (Wildman–Crippen LogP) is 2.70. The summed E-state index contributed by atoms with van der Waals surface area (Å²) in [6.45, 7) is 6.29. The number of nitrogens with zero attached hydrogens (tertiary/aromatic N) is 5. The summed E-state index contributed by atoms with van der Waals surface area (Å²) in [5, 5.41) is 4.31. The molecule has 0 spiro atoms. The zero-order valence-electron chi connectivity index (χ0n) is 10.5. The number of aromatic nitrogens is 5. The Labute approximate surface area is 109 Å². The van der Waals surface area contributed by atoms with Gasteiger partial charge in [-0.2, -0.15) is 5.10 Å². The molecule has 3 rings (SSSR count). The van der Waals surface area contributed by atoms with Crippen LogP contribution in [0.25, 0.3) is 21.6 Å². The number of fused-ring (bicyclic) bond motifs is 1. The molecular weight excluding hydrogens is 246 g/mol. The molecular formula is C12H13N5S. The van der Waals surface area contributed by atoms with Crippen LogP contribution in [0, 0.1) is 0 Å². The first-order chi connectivity index (χ1) is 8.57. The van der Waals surface area contributed by atoms with Gasteiger partial charge in [-0.1, -0.05) is 0 Å². The lowest BCUT2D eigenvalue weighted by Crippen LogP contribution is -2.24.